The van der Waals surface area contributed by atoms with Gasteiger partial charge in [-0.15, -0.1) is 0 Å². The largest absolute Gasteiger partial charge is 0.494 e. The van der Waals surface area contributed by atoms with Gasteiger partial charge in [0.2, 0.25) is 10.0 Å². The predicted molar refractivity (Wildman–Crippen MR) is 81.8 cm³/mol. The van der Waals surface area contributed by atoms with Crippen molar-refractivity contribution in [2.75, 3.05) is 33.9 Å². The molecule has 1 aromatic rings. The molecule has 0 bridgehead atoms. The topological polar surface area (TPSA) is 81.9 Å². The van der Waals surface area contributed by atoms with Gasteiger partial charge in [0.25, 0.3) is 0 Å². The van der Waals surface area contributed by atoms with Crippen molar-refractivity contribution in [1.82, 2.24) is 4.31 Å². The quantitative estimate of drug-likeness (QED) is 0.692. The van der Waals surface area contributed by atoms with Gasteiger partial charge in [0.15, 0.2) is 0 Å². The van der Waals surface area contributed by atoms with Gasteiger partial charge in [0, 0.05) is 39.4 Å². The predicted octanol–water partition coefficient (Wildman–Crippen LogP) is 1.20. The van der Waals surface area contributed by atoms with Crippen LogP contribution in [0.15, 0.2) is 23.1 Å². The van der Waals surface area contributed by atoms with Crippen LogP contribution in [0, 0.1) is 0 Å². The third-order valence-corrected chi connectivity index (χ3v) is 4.93. The molecule has 21 heavy (non-hydrogen) atoms. The van der Waals surface area contributed by atoms with E-state index < -0.39 is 10.0 Å². The number of hydrogen-bond acceptors (Lipinski definition) is 5. The van der Waals surface area contributed by atoms with Crippen LogP contribution in [0.5, 0.6) is 5.75 Å². The van der Waals surface area contributed by atoms with Crippen LogP contribution in [0.1, 0.15) is 18.9 Å². The number of nitrogens with zero attached hydrogens (tertiary/aromatic N) is 1. The summed E-state index contributed by atoms with van der Waals surface area (Å²) in [6.45, 7) is 3.54. The molecular formula is C14H24N2O4S. The van der Waals surface area contributed by atoms with E-state index in [9.17, 15) is 8.42 Å². The molecule has 1 rings (SSSR count). The summed E-state index contributed by atoms with van der Waals surface area (Å²) in [4.78, 5) is 0.228. The molecule has 0 aromatic heterocycles. The number of rotatable bonds is 9. The second-order valence-corrected chi connectivity index (χ2v) is 6.62. The van der Waals surface area contributed by atoms with Gasteiger partial charge in [-0.25, -0.2) is 12.7 Å². The zero-order valence-electron chi connectivity index (χ0n) is 12.8. The van der Waals surface area contributed by atoms with Crippen LogP contribution in [0.2, 0.25) is 0 Å². The molecule has 0 unspecified atom stereocenters. The van der Waals surface area contributed by atoms with E-state index in [1.807, 2.05) is 6.92 Å². The Kier molecular flexibility index (Phi) is 7.10. The van der Waals surface area contributed by atoms with Crippen LogP contribution in [0.25, 0.3) is 0 Å². The Hall–Kier alpha value is -1.15. The van der Waals surface area contributed by atoms with Crippen LogP contribution in [0.3, 0.4) is 0 Å². The van der Waals surface area contributed by atoms with Crippen molar-refractivity contribution in [3.8, 4) is 5.75 Å². The van der Waals surface area contributed by atoms with E-state index in [0.717, 1.165) is 0 Å². The fourth-order valence-electron chi connectivity index (χ4n) is 1.90. The highest BCUT2D eigenvalue weighted by Gasteiger charge is 2.21. The van der Waals surface area contributed by atoms with Gasteiger partial charge in [0.05, 0.1) is 11.5 Å². The maximum atomic E-state index is 12.5. The summed E-state index contributed by atoms with van der Waals surface area (Å²) < 4.78 is 36.6. The Morgan fingerprint density at radius 2 is 2.05 bits per heavy atom. The Labute approximate surface area is 126 Å². The molecule has 0 saturated carbocycles. The minimum absolute atomic E-state index is 0.228. The highest BCUT2D eigenvalue weighted by Crippen LogP contribution is 2.24. The normalized spacial score (nSPS) is 11.9. The van der Waals surface area contributed by atoms with Crippen molar-refractivity contribution in [2.45, 2.75) is 24.8 Å². The van der Waals surface area contributed by atoms with Gasteiger partial charge in [-0.2, -0.15) is 0 Å². The summed E-state index contributed by atoms with van der Waals surface area (Å²) >= 11 is 0. The molecular weight excluding hydrogens is 292 g/mol. The number of hydrogen-bond donors (Lipinski definition) is 1. The maximum Gasteiger partial charge on any atom is 0.242 e. The van der Waals surface area contributed by atoms with Gasteiger partial charge in [-0.05, 0) is 31.5 Å². The molecule has 1 aromatic carbocycles. The number of sulfonamides is 1. The first-order chi connectivity index (χ1) is 9.97. The van der Waals surface area contributed by atoms with E-state index >= 15 is 0 Å². The first-order valence-corrected chi connectivity index (χ1v) is 8.32. The van der Waals surface area contributed by atoms with Crippen molar-refractivity contribution in [2.24, 2.45) is 5.73 Å². The summed E-state index contributed by atoms with van der Waals surface area (Å²) in [5.74, 6) is 0.626. The Morgan fingerprint density at radius 3 is 2.62 bits per heavy atom. The van der Waals surface area contributed by atoms with E-state index in [-0.39, 0.29) is 11.4 Å². The van der Waals surface area contributed by atoms with Crippen LogP contribution in [0.4, 0.5) is 0 Å². The smallest absolute Gasteiger partial charge is 0.242 e. The molecule has 7 heteroatoms. The minimum Gasteiger partial charge on any atom is -0.494 e. The molecule has 0 aliphatic heterocycles. The van der Waals surface area contributed by atoms with Crippen LogP contribution >= 0.6 is 0 Å². The fraction of sp³-hybridized carbons (Fsp3) is 0.571. The van der Waals surface area contributed by atoms with Gasteiger partial charge in [0.1, 0.15) is 5.75 Å². The highest BCUT2D eigenvalue weighted by molar-refractivity contribution is 7.89. The van der Waals surface area contributed by atoms with Crippen LogP contribution in [-0.2, 0) is 21.3 Å². The Balaban J connectivity index is 2.97. The minimum atomic E-state index is -3.52. The second-order valence-electron chi connectivity index (χ2n) is 4.58. The molecule has 120 valence electrons. The molecule has 0 radical (unpaired) electrons. The van der Waals surface area contributed by atoms with E-state index in [0.29, 0.717) is 37.5 Å². The third kappa shape index (κ3) is 4.67. The fourth-order valence-corrected chi connectivity index (χ4v) is 3.16. The van der Waals surface area contributed by atoms with Crippen molar-refractivity contribution >= 4 is 10.0 Å². The van der Waals surface area contributed by atoms with E-state index in [2.05, 4.69) is 0 Å². The zero-order chi connectivity index (χ0) is 15.9. The molecule has 0 heterocycles. The molecule has 0 spiro atoms. The molecule has 0 fully saturated rings. The standard InChI is InChI=1S/C14H24N2O4S/c1-4-20-14-7-6-13(10-12(14)11-15)21(17,18)16(2)8-5-9-19-3/h6-7,10H,4-5,8-9,11,15H2,1-3H3. The summed E-state index contributed by atoms with van der Waals surface area (Å²) in [5, 5.41) is 0. The van der Waals surface area contributed by atoms with Gasteiger partial charge in [-0.3, -0.25) is 0 Å². The highest BCUT2D eigenvalue weighted by atomic mass is 32.2. The van der Waals surface area contributed by atoms with Gasteiger partial charge < -0.3 is 15.2 Å². The molecule has 0 aliphatic carbocycles. The third-order valence-electron chi connectivity index (χ3n) is 3.08. The lowest BCUT2D eigenvalue weighted by atomic mass is 10.2. The van der Waals surface area contributed by atoms with Crippen LogP contribution < -0.4 is 10.5 Å². The summed E-state index contributed by atoms with van der Waals surface area (Å²) in [6.07, 6.45) is 0.646. The summed E-state index contributed by atoms with van der Waals surface area (Å²) in [7, 11) is -0.366. The number of methoxy groups -OCH3 is 1. The average molecular weight is 316 g/mol. The molecule has 0 saturated heterocycles. The van der Waals surface area contributed by atoms with E-state index in [4.69, 9.17) is 15.2 Å². The van der Waals surface area contributed by atoms with Gasteiger partial charge in [-0.1, -0.05) is 0 Å². The first-order valence-electron chi connectivity index (χ1n) is 6.88. The number of benzene rings is 1. The first kappa shape index (κ1) is 17.9. The average Bonchev–Trinajstić information content (AvgIpc) is 2.47. The van der Waals surface area contributed by atoms with Crippen molar-refractivity contribution in [1.29, 1.82) is 0 Å². The van der Waals surface area contributed by atoms with Crippen molar-refractivity contribution in [3.05, 3.63) is 23.8 Å². The SMILES string of the molecule is CCOc1ccc(S(=O)(=O)N(C)CCCOC)cc1CN. The lowest BCUT2D eigenvalue weighted by molar-refractivity contribution is 0.189. The number of ether oxygens (including phenoxy) is 2. The van der Waals surface area contributed by atoms with Crippen molar-refractivity contribution in [3.63, 3.8) is 0 Å². The Morgan fingerprint density at radius 1 is 1.33 bits per heavy atom. The van der Waals surface area contributed by atoms with E-state index in [1.165, 1.54) is 4.31 Å². The van der Waals surface area contributed by atoms with Gasteiger partial charge >= 0.3 is 0 Å². The second kappa shape index (κ2) is 8.33. The lowest BCUT2D eigenvalue weighted by Gasteiger charge is -2.18. The lowest BCUT2D eigenvalue weighted by Crippen LogP contribution is -2.28. The summed E-state index contributed by atoms with van der Waals surface area (Å²) in [6, 6.07) is 4.78. The maximum absolute atomic E-state index is 12.5. The molecule has 0 aliphatic rings. The monoisotopic (exact) mass is 316 g/mol. The van der Waals surface area contributed by atoms with Crippen molar-refractivity contribution < 1.29 is 17.9 Å². The van der Waals surface area contributed by atoms with Crippen LogP contribution in [-0.4, -0.2) is 46.6 Å². The molecule has 2 N–H and O–H groups in total. The zero-order valence-corrected chi connectivity index (χ0v) is 13.6. The number of nitrogens with two attached hydrogens (primary N) is 1. The summed E-state index contributed by atoms with van der Waals surface area (Å²) in [5.41, 5.74) is 6.35. The van der Waals surface area contributed by atoms with E-state index in [1.54, 1.807) is 32.4 Å². The molecule has 0 amide bonds. The molecule has 0 atom stereocenters. The molecule has 6 nitrogen and oxygen atoms in total. The Bertz CT molecular complexity index is 546.